The summed E-state index contributed by atoms with van der Waals surface area (Å²) in [5.74, 6) is 0.699. The highest BCUT2D eigenvalue weighted by molar-refractivity contribution is 7.91. The van der Waals surface area contributed by atoms with Gasteiger partial charge >= 0.3 is 0 Å². The summed E-state index contributed by atoms with van der Waals surface area (Å²) in [5.41, 5.74) is -0.878. The van der Waals surface area contributed by atoms with E-state index in [1.807, 2.05) is 18.2 Å². The average molecular weight is 1190 g/mol. The van der Waals surface area contributed by atoms with Crippen LogP contribution in [-0.4, -0.2) is 111 Å². The first kappa shape index (κ1) is 67.2. The molecule has 0 unspecified atom stereocenters. The molecule has 442 valence electrons. The second kappa shape index (κ2) is 25.7. The molecule has 1 fully saturated rings. The zero-order valence-electron chi connectivity index (χ0n) is 52.8. The molecule has 79 heavy (non-hydrogen) atoms. The summed E-state index contributed by atoms with van der Waals surface area (Å²) in [6.45, 7) is 48.1. The van der Waals surface area contributed by atoms with E-state index in [1.54, 1.807) is 31.4 Å². The van der Waals surface area contributed by atoms with E-state index in [4.69, 9.17) is 36.3 Å². The van der Waals surface area contributed by atoms with Crippen molar-refractivity contribution < 1.29 is 44.8 Å². The normalized spacial score (nSPS) is 20.4. The molecule has 0 aromatic heterocycles. The summed E-state index contributed by atoms with van der Waals surface area (Å²) in [4.78, 5) is 0.310. The summed E-state index contributed by atoms with van der Waals surface area (Å²) in [5, 5.41) is 1.95. The lowest BCUT2D eigenvalue weighted by molar-refractivity contribution is -0.186. The minimum absolute atomic E-state index is 0.0749. The van der Waals surface area contributed by atoms with Gasteiger partial charge in [-0.3, -0.25) is 0 Å². The van der Waals surface area contributed by atoms with Gasteiger partial charge in [-0.25, -0.2) is 8.42 Å². The maximum Gasteiger partial charge on any atom is 0.261 e. The number of hydrogen-bond donors (Lipinski definition) is 0. The quantitative estimate of drug-likeness (QED) is 0.0536. The molecule has 0 bridgehead atoms. The van der Waals surface area contributed by atoms with E-state index in [0.29, 0.717) is 37.4 Å². The third kappa shape index (κ3) is 17.7. The summed E-state index contributed by atoms with van der Waals surface area (Å²) in [6, 6.07) is 38.5. The Kier molecular flexibility index (Phi) is 21.9. The standard InChI is InChI=1S/C63H104O10SSi5/c1-59(2,3)77(19,20)71-54(42-44-68-79(61(7,8)9,52-34-28-24-29-35-52)53-36-30-25-31-37-53)58(67-48-49-38-40-50(66-12)41-39-49)63(11)47-56(72-78(21,22)60(4,5)6)57(69-63)55(70-75(13,14)15)46-62(10,73-76(16,17)18)43-45-74(64,65)51-32-26-23-27-33-51/h23-41,54-58H,42-48H2,1-22H3/t54-,55+,56-,57+,58-,62-,63+/m0/s1. The van der Waals surface area contributed by atoms with E-state index < -0.39 is 93.1 Å². The zero-order valence-corrected chi connectivity index (χ0v) is 58.6. The summed E-state index contributed by atoms with van der Waals surface area (Å²) in [6.07, 6.45) is -0.885. The maximum atomic E-state index is 14.1. The van der Waals surface area contributed by atoms with E-state index in [1.165, 1.54) is 10.4 Å². The van der Waals surface area contributed by atoms with Crippen LogP contribution in [-0.2, 0) is 48.0 Å². The van der Waals surface area contributed by atoms with Gasteiger partial charge in [-0.1, -0.05) is 153 Å². The van der Waals surface area contributed by atoms with Crippen LogP contribution in [0.4, 0.5) is 0 Å². The van der Waals surface area contributed by atoms with Crippen molar-refractivity contribution in [1.29, 1.82) is 0 Å². The van der Waals surface area contributed by atoms with Crippen LogP contribution < -0.4 is 15.1 Å². The molecule has 4 aromatic carbocycles. The SMILES string of the molecule is COc1ccc(CO[C@@H]([C@H](CCO[Si](c2ccccc2)(c2ccccc2)C(C)(C)C)O[Si](C)(C)C(C)(C)C)[C@@]2(C)C[C@H](O[Si](C)(C)C(C)(C)C)[C@@H]([C@@H](C[C@](C)(CCS(=O)(=O)c3ccccc3)O[Si](C)(C)C)O[Si](C)(C)C)O2)cc1. The summed E-state index contributed by atoms with van der Waals surface area (Å²) < 4.78 is 87.0. The van der Waals surface area contributed by atoms with Crippen molar-refractivity contribution in [1.82, 2.24) is 0 Å². The average Bonchev–Trinajstić information content (AvgIpc) is 3.66. The van der Waals surface area contributed by atoms with Crippen molar-refractivity contribution in [2.45, 2.75) is 236 Å². The highest BCUT2D eigenvalue weighted by Gasteiger charge is 2.59. The fraction of sp³-hybridized carbons (Fsp3) is 0.619. The number of ether oxygens (including phenoxy) is 3. The van der Waals surface area contributed by atoms with Crippen molar-refractivity contribution in [2.24, 2.45) is 0 Å². The molecule has 0 saturated carbocycles. The molecule has 16 heteroatoms. The molecule has 0 radical (unpaired) electrons. The van der Waals surface area contributed by atoms with Crippen LogP contribution in [0.5, 0.6) is 5.75 Å². The van der Waals surface area contributed by atoms with E-state index in [-0.39, 0.29) is 27.3 Å². The van der Waals surface area contributed by atoms with Gasteiger partial charge in [0.25, 0.3) is 8.32 Å². The van der Waals surface area contributed by atoms with E-state index >= 15 is 0 Å². The molecule has 1 saturated heterocycles. The van der Waals surface area contributed by atoms with Gasteiger partial charge in [-0.2, -0.15) is 0 Å². The van der Waals surface area contributed by atoms with E-state index in [0.717, 1.165) is 11.3 Å². The Balaban J connectivity index is 1.72. The van der Waals surface area contributed by atoms with Crippen LogP contribution in [0.2, 0.25) is 80.6 Å². The van der Waals surface area contributed by atoms with Crippen molar-refractivity contribution >= 4 is 61.8 Å². The molecule has 5 rings (SSSR count). The number of methoxy groups -OCH3 is 1. The van der Waals surface area contributed by atoms with Gasteiger partial charge in [0.05, 0.1) is 53.9 Å². The predicted octanol–water partition coefficient (Wildman–Crippen LogP) is 15.0. The first-order valence-electron chi connectivity index (χ1n) is 28.9. The number of sulfone groups is 1. The van der Waals surface area contributed by atoms with Gasteiger partial charge in [-0.15, -0.1) is 0 Å². The molecule has 0 spiro atoms. The highest BCUT2D eigenvalue weighted by atomic mass is 32.2. The zero-order chi connectivity index (χ0) is 59.3. The first-order valence-corrected chi connectivity index (χ1v) is 45.0. The van der Waals surface area contributed by atoms with Crippen LogP contribution in [0.15, 0.2) is 120 Å². The fourth-order valence-corrected chi connectivity index (χ4v) is 22.3. The summed E-state index contributed by atoms with van der Waals surface area (Å²) >= 11 is 0. The van der Waals surface area contributed by atoms with Gasteiger partial charge in [0.2, 0.25) is 0 Å². The lowest BCUT2D eigenvalue weighted by Crippen LogP contribution is -2.66. The molecule has 0 amide bonds. The van der Waals surface area contributed by atoms with Gasteiger partial charge < -0.3 is 36.3 Å². The maximum absolute atomic E-state index is 14.1. The predicted molar refractivity (Wildman–Crippen MR) is 341 cm³/mol. The Labute approximate surface area is 485 Å². The Morgan fingerprint density at radius 3 is 1.61 bits per heavy atom. The molecule has 1 heterocycles. The van der Waals surface area contributed by atoms with Crippen molar-refractivity contribution in [3.8, 4) is 5.75 Å². The van der Waals surface area contributed by atoms with E-state index in [9.17, 15) is 8.42 Å². The molecular weight excluding hydrogens is 1090 g/mol. The van der Waals surface area contributed by atoms with E-state index in [2.05, 4.69) is 214 Å². The van der Waals surface area contributed by atoms with Crippen molar-refractivity contribution in [2.75, 3.05) is 19.5 Å². The highest BCUT2D eigenvalue weighted by Crippen LogP contribution is 2.49. The number of hydrogen-bond acceptors (Lipinski definition) is 10. The minimum atomic E-state index is -3.63. The first-order chi connectivity index (χ1) is 36.2. The molecule has 10 nitrogen and oxygen atoms in total. The molecule has 0 N–H and O–H groups in total. The molecule has 0 aliphatic carbocycles. The Bertz CT molecular complexity index is 2590. The van der Waals surface area contributed by atoms with Crippen LogP contribution in [0.3, 0.4) is 0 Å². The fourth-order valence-electron chi connectivity index (χ4n) is 10.7. The lowest BCUT2D eigenvalue weighted by atomic mass is 9.88. The number of rotatable bonds is 27. The minimum Gasteiger partial charge on any atom is -0.497 e. The molecule has 1 aliphatic rings. The van der Waals surface area contributed by atoms with Crippen molar-refractivity contribution in [3.63, 3.8) is 0 Å². The van der Waals surface area contributed by atoms with Crippen LogP contribution in [0.25, 0.3) is 0 Å². The van der Waals surface area contributed by atoms with Crippen LogP contribution in [0.1, 0.15) is 107 Å². The van der Waals surface area contributed by atoms with Gasteiger partial charge in [0.15, 0.2) is 43.1 Å². The lowest BCUT2D eigenvalue weighted by Gasteiger charge is -2.46. The molecule has 7 atom stereocenters. The monoisotopic (exact) mass is 1190 g/mol. The smallest absolute Gasteiger partial charge is 0.261 e. The van der Waals surface area contributed by atoms with Gasteiger partial charge in [0, 0.05) is 19.4 Å². The second-order valence-corrected chi connectivity index (χ2v) is 53.6. The van der Waals surface area contributed by atoms with Crippen molar-refractivity contribution in [3.05, 3.63) is 121 Å². The molecule has 4 aromatic rings. The summed E-state index contributed by atoms with van der Waals surface area (Å²) in [7, 11) is -14.6. The van der Waals surface area contributed by atoms with Gasteiger partial charge in [0.1, 0.15) is 18.0 Å². The van der Waals surface area contributed by atoms with Gasteiger partial charge in [-0.05, 0) is 147 Å². The Hall–Kier alpha value is -2.57. The largest absolute Gasteiger partial charge is 0.497 e. The molecular formula is C63H104O10SSi5. The Morgan fingerprint density at radius 2 is 1.15 bits per heavy atom. The third-order valence-corrected chi connectivity index (χ3v) is 34.5. The van der Waals surface area contributed by atoms with Crippen LogP contribution >= 0.6 is 0 Å². The van der Waals surface area contributed by atoms with Crippen LogP contribution in [0, 0.1) is 0 Å². The molecule has 1 aliphatic heterocycles. The number of benzene rings is 4. The third-order valence-electron chi connectivity index (χ3n) is 16.6. The Morgan fingerprint density at radius 1 is 0.646 bits per heavy atom. The topological polar surface area (TPSA) is 108 Å². The second-order valence-electron chi connectivity index (χ2n) is 28.8.